The first kappa shape index (κ1) is 24.6. The quantitative estimate of drug-likeness (QED) is 0.414. The van der Waals surface area contributed by atoms with Gasteiger partial charge in [-0.15, -0.1) is 11.3 Å². The number of piperidine rings is 1. The topological polar surface area (TPSA) is 87.7 Å². The summed E-state index contributed by atoms with van der Waals surface area (Å²) in [5.74, 6) is 0.443. The Morgan fingerprint density at radius 2 is 1.64 bits per heavy atom. The van der Waals surface area contributed by atoms with Gasteiger partial charge in [0.15, 0.2) is 0 Å². The summed E-state index contributed by atoms with van der Waals surface area (Å²) < 4.78 is 35.0. The van der Waals surface area contributed by atoms with E-state index < -0.39 is 10.0 Å². The summed E-state index contributed by atoms with van der Waals surface area (Å²) in [6.07, 6.45) is 7.54. The fourth-order valence-electron chi connectivity index (χ4n) is 4.87. The molecule has 190 valence electrons. The van der Waals surface area contributed by atoms with Crippen molar-refractivity contribution in [1.29, 1.82) is 0 Å². The van der Waals surface area contributed by atoms with Crippen LogP contribution in [0.2, 0.25) is 0 Å². The van der Waals surface area contributed by atoms with Gasteiger partial charge < -0.3 is 15.0 Å². The Kier molecular flexibility index (Phi) is 7.20. The Balaban J connectivity index is 1.44. The van der Waals surface area contributed by atoms with Gasteiger partial charge in [-0.3, -0.25) is 9.52 Å². The van der Waals surface area contributed by atoms with Crippen LogP contribution >= 0.6 is 11.3 Å². The molecule has 0 unspecified atom stereocenters. The van der Waals surface area contributed by atoms with E-state index in [4.69, 9.17) is 4.74 Å². The number of methoxy groups -OCH3 is 1. The number of carbonyl (C=O) groups excluding carboxylic acids is 1. The molecule has 0 atom stereocenters. The average molecular weight is 526 g/mol. The van der Waals surface area contributed by atoms with Crippen LogP contribution < -0.4 is 19.7 Å². The molecule has 1 fully saturated rings. The number of sulfonamides is 1. The number of nitrogens with one attached hydrogen (secondary N) is 2. The second-order valence-corrected chi connectivity index (χ2v) is 12.1. The van der Waals surface area contributed by atoms with Gasteiger partial charge >= 0.3 is 0 Å². The van der Waals surface area contributed by atoms with E-state index in [1.165, 1.54) is 10.4 Å². The molecule has 0 spiro atoms. The molecule has 1 amide bonds. The zero-order valence-electron chi connectivity index (χ0n) is 20.4. The number of benzene rings is 2. The molecule has 1 aromatic heterocycles. The molecule has 2 aromatic carbocycles. The second-order valence-electron chi connectivity index (χ2n) is 9.28. The van der Waals surface area contributed by atoms with Gasteiger partial charge in [-0.05, 0) is 99.0 Å². The number of nitrogens with zero attached hydrogens (tertiary/aromatic N) is 1. The van der Waals surface area contributed by atoms with Gasteiger partial charge in [-0.1, -0.05) is 0 Å². The molecule has 0 bridgehead atoms. The maximum Gasteiger partial charge on any atom is 0.265 e. The van der Waals surface area contributed by atoms with Crippen molar-refractivity contribution < 1.29 is 17.9 Å². The zero-order chi connectivity index (χ0) is 25.1. The molecule has 9 heteroatoms. The first-order valence-corrected chi connectivity index (χ1v) is 14.7. The maximum absolute atomic E-state index is 13.6. The summed E-state index contributed by atoms with van der Waals surface area (Å²) in [6.45, 7) is 1.61. The fraction of sp³-hybridized carbons (Fsp3) is 0.370. The van der Waals surface area contributed by atoms with E-state index in [0.29, 0.717) is 27.7 Å². The molecule has 1 aliphatic carbocycles. The van der Waals surface area contributed by atoms with Gasteiger partial charge in [-0.25, -0.2) is 8.42 Å². The Hall–Kier alpha value is -3.04. The highest BCUT2D eigenvalue weighted by Gasteiger charge is 2.25. The molecule has 2 aliphatic rings. The van der Waals surface area contributed by atoms with Crippen LogP contribution in [0, 0.1) is 0 Å². The second kappa shape index (κ2) is 10.5. The van der Waals surface area contributed by atoms with Crippen LogP contribution in [0.5, 0.6) is 5.75 Å². The molecule has 3 aromatic rings. The Morgan fingerprint density at radius 1 is 0.917 bits per heavy atom. The molecule has 1 aliphatic heterocycles. The van der Waals surface area contributed by atoms with Crippen LogP contribution in [0.1, 0.15) is 52.2 Å². The molecule has 2 N–H and O–H groups in total. The highest BCUT2D eigenvalue weighted by atomic mass is 32.2. The Morgan fingerprint density at radius 3 is 2.36 bits per heavy atom. The number of fused-ring (bicyclic) bond motifs is 1. The number of aryl methyl sites for hydroxylation is 2. The molecule has 36 heavy (non-hydrogen) atoms. The van der Waals surface area contributed by atoms with E-state index in [1.807, 2.05) is 12.1 Å². The minimum atomic E-state index is -3.92. The minimum Gasteiger partial charge on any atom is -0.497 e. The van der Waals surface area contributed by atoms with Gasteiger partial charge in [0, 0.05) is 29.3 Å². The largest absolute Gasteiger partial charge is 0.497 e. The predicted molar refractivity (Wildman–Crippen MR) is 145 cm³/mol. The molecule has 0 radical (unpaired) electrons. The number of rotatable bonds is 7. The average Bonchev–Trinajstić information content (AvgIpc) is 3.34. The lowest BCUT2D eigenvalue weighted by atomic mass is 9.99. The molecule has 7 nitrogen and oxygen atoms in total. The number of hydrogen-bond acceptors (Lipinski definition) is 6. The van der Waals surface area contributed by atoms with Crippen molar-refractivity contribution in [3.05, 3.63) is 63.8 Å². The van der Waals surface area contributed by atoms with E-state index in [9.17, 15) is 13.2 Å². The van der Waals surface area contributed by atoms with Crippen LogP contribution in [0.15, 0.2) is 53.4 Å². The van der Waals surface area contributed by atoms with Gasteiger partial charge in [0.25, 0.3) is 15.9 Å². The number of thiophene rings is 1. The normalized spacial score (nSPS) is 15.8. The van der Waals surface area contributed by atoms with Crippen LogP contribution in [-0.2, 0) is 22.9 Å². The van der Waals surface area contributed by atoms with Gasteiger partial charge in [0.05, 0.1) is 17.7 Å². The van der Waals surface area contributed by atoms with Crippen molar-refractivity contribution in [2.45, 2.75) is 49.8 Å². The first-order chi connectivity index (χ1) is 17.4. The number of anilines is 3. The van der Waals surface area contributed by atoms with Crippen molar-refractivity contribution in [2.24, 2.45) is 0 Å². The van der Waals surface area contributed by atoms with Crippen molar-refractivity contribution in [2.75, 3.05) is 35.1 Å². The molecule has 2 heterocycles. The maximum atomic E-state index is 13.6. The predicted octanol–water partition coefficient (Wildman–Crippen LogP) is 5.68. The standard InChI is InChI=1S/C27H31N3O4S2/c1-34-22-12-9-20(10-13-22)29-36(32,33)26-18-21(11-14-23(26)30-15-5-2-6-16-30)28-27(31)25-17-19-7-3-4-8-24(19)35-25/h9-14,17-18,29H,2-8,15-16H2,1H3,(H,28,31). The van der Waals surface area contributed by atoms with Crippen LogP contribution in [0.25, 0.3) is 0 Å². The number of hydrogen-bond donors (Lipinski definition) is 2. The summed E-state index contributed by atoms with van der Waals surface area (Å²) in [5, 5.41) is 2.93. The summed E-state index contributed by atoms with van der Waals surface area (Å²) in [6, 6.07) is 13.9. The Labute approximate surface area is 216 Å². The molecule has 0 saturated carbocycles. The van der Waals surface area contributed by atoms with Crippen LogP contribution in [0.4, 0.5) is 17.1 Å². The molecular formula is C27H31N3O4S2. The van der Waals surface area contributed by atoms with Gasteiger partial charge in [0.2, 0.25) is 0 Å². The monoisotopic (exact) mass is 525 g/mol. The Bertz CT molecular complexity index is 1320. The summed E-state index contributed by atoms with van der Waals surface area (Å²) in [4.78, 5) is 17.3. The number of carbonyl (C=O) groups is 1. The van der Waals surface area contributed by atoms with E-state index in [0.717, 1.165) is 58.0 Å². The van der Waals surface area contributed by atoms with Crippen molar-refractivity contribution in [1.82, 2.24) is 0 Å². The zero-order valence-corrected chi connectivity index (χ0v) is 22.0. The van der Waals surface area contributed by atoms with Crippen molar-refractivity contribution >= 4 is 44.3 Å². The lowest BCUT2D eigenvalue weighted by Gasteiger charge is -2.30. The van der Waals surface area contributed by atoms with E-state index in [-0.39, 0.29) is 10.8 Å². The molecular weight excluding hydrogens is 494 g/mol. The van der Waals surface area contributed by atoms with Crippen molar-refractivity contribution in [3.8, 4) is 5.75 Å². The number of ether oxygens (including phenoxy) is 1. The van der Waals surface area contributed by atoms with E-state index in [1.54, 1.807) is 54.8 Å². The summed E-state index contributed by atoms with van der Waals surface area (Å²) >= 11 is 1.54. The smallest absolute Gasteiger partial charge is 0.265 e. The highest BCUT2D eigenvalue weighted by molar-refractivity contribution is 7.92. The van der Waals surface area contributed by atoms with Crippen LogP contribution in [0.3, 0.4) is 0 Å². The highest BCUT2D eigenvalue weighted by Crippen LogP contribution is 2.34. The van der Waals surface area contributed by atoms with Gasteiger partial charge in [-0.2, -0.15) is 0 Å². The number of amides is 1. The lowest BCUT2D eigenvalue weighted by molar-refractivity contribution is 0.103. The molecule has 5 rings (SSSR count). The lowest BCUT2D eigenvalue weighted by Crippen LogP contribution is -2.31. The summed E-state index contributed by atoms with van der Waals surface area (Å²) in [5.41, 5.74) is 2.82. The third-order valence-electron chi connectivity index (χ3n) is 6.77. The van der Waals surface area contributed by atoms with E-state index >= 15 is 0 Å². The van der Waals surface area contributed by atoms with Gasteiger partial charge in [0.1, 0.15) is 10.6 Å². The first-order valence-electron chi connectivity index (χ1n) is 12.4. The van der Waals surface area contributed by atoms with Crippen molar-refractivity contribution in [3.63, 3.8) is 0 Å². The minimum absolute atomic E-state index is 0.156. The molecule has 1 saturated heterocycles. The summed E-state index contributed by atoms with van der Waals surface area (Å²) in [7, 11) is -2.35. The third kappa shape index (κ3) is 5.37. The fourth-order valence-corrected chi connectivity index (χ4v) is 7.33. The third-order valence-corrected chi connectivity index (χ3v) is 9.41. The SMILES string of the molecule is COc1ccc(NS(=O)(=O)c2cc(NC(=O)c3cc4c(s3)CCCC4)ccc2N2CCCCC2)cc1. The van der Waals surface area contributed by atoms with Crippen LogP contribution in [-0.4, -0.2) is 34.5 Å². The van der Waals surface area contributed by atoms with E-state index in [2.05, 4.69) is 14.9 Å².